The summed E-state index contributed by atoms with van der Waals surface area (Å²) in [7, 11) is 0. The molecule has 1 aromatic heterocycles. The Morgan fingerprint density at radius 2 is 2.26 bits per heavy atom. The number of piperazine rings is 1. The first-order chi connectivity index (χ1) is 8.99. The van der Waals surface area contributed by atoms with Gasteiger partial charge in [-0.15, -0.1) is 11.3 Å². The van der Waals surface area contributed by atoms with Crippen LogP contribution in [-0.4, -0.2) is 33.8 Å². The molecule has 0 radical (unpaired) electrons. The molecule has 1 saturated carbocycles. The third kappa shape index (κ3) is 2.25. The van der Waals surface area contributed by atoms with Crippen LogP contribution in [0.3, 0.4) is 0 Å². The van der Waals surface area contributed by atoms with Crippen LogP contribution in [0.2, 0.25) is 0 Å². The molecule has 6 heteroatoms. The van der Waals surface area contributed by atoms with Crippen LogP contribution in [0, 0.1) is 12.8 Å². The molecule has 1 aliphatic carbocycles. The number of thiazole rings is 1. The molecule has 102 valence electrons. The van der Waals surface area contributed by atoms with E-state index in [2.05, 4.69) is 10.3 Å². The van der Waals surface area contributed by atoms with Crippen molar-refractivity contribution in [3.05, 3.63) is 16.1 Å². The highest BCUT2D eigenvalue weighted by atomic mass is 32.1. The van der Waals surface area contributed by atoms with E-state index in [4.69, 9.17) is 0 Å². The van der Waals surface area contributed by atoms with Crippen molar-refractivity contribution >= 4 is 23.2 Å². The number of nitrogens with one attached hydrogen (secondary N) is 1. The average molecular weight is 279 g/mol. The fraction of sp³-hybridized carbons (Fsp3) is 0.615. The summed E-state index contributed by atoms with van der Waals surface area (Å²) in [5, 5.41) is 3.77. The van der Waals surface area contributed by atoms with Gasteiger partial charge in [0.25, 0.3) is 0 Å². The number of carbonyl (C=O) groups is 2. The van der Waals surface area contributed by atoms with Crippen molar-refractivity contribution < 1.29 is 9.59 Å². The van der Waals surface area contributed by atoms with Crippen LogP contribution in [0.1, 0.15) is 29.7 Å². The third-order valence-corrected chi connectivity index (χ3v) is 4.75. The van der Waals surface area contributed by atoms with Gasteiger partial charge < -0.3 is 10.2 Å². The van der Waals surface area contributed by atoms with Crippen molar-refractivity contribution in [1.82, 2.24) is 15.2 Å². The molecule has 3 rings (SSSR count). The minimum atomic E-state index is -0.707. The van der Waals surface area contributed by atoms with E-state index < -0.39 is 5.54 Å². The van der Waals surface area contributed by atoms with Crippen molar-refractivity contribution in [2.45, 2.75) is 38.8 Å². The first kappa shape index (κ1) is 12.6. The third-order valence-electron chi connectivity index (χ3n) is 3.85. The van der Waals surface area contributed by atoms with E-state index in [0.717, 1.165) is 22.7 Å². The van der Waals surface area contributed by atoms with Crippen LogP contribution >= 0.6 is 11.3 Å². The summed E-state index contributed by atoms with van der Waals surface area (Å²) in [6.45, 7) is 4.41. The number of rotatable bonds is 3. The van der Waals surface area contributed by atoms with Gasteiger partial charge in [0.05, 0.1) is 6.54 Å². The Labute approximate surface area is 116 Å². The van der Waals surface area contributed by atoms with Gasteiger partial charge in [0.2, 0.25) is 11.8 Å². The standard InChI is InChI=1S/C13H17N3O2S/c1-8-5-14-11(19-8)7-16-6-10(17)15-13(2,12(16)18)9-3-4-9/h5,9H,3-4,6-7H2,1-2H3,(H,15,17). The maximum absolute atomic E-state index is 12.6. The van der Waals surface area contributed by atoms with Gasteiger partial charge in [-0.3, -0.25) is 9.59 Å². The van der Waals surface area contributed by atoms with E-state index in [0.29, 0.717) is 12.5 Å². The Bertz CT molecular complexity index is 538. The highest BCUT2D eigenvalue weighted by molar-refractivity contribution is 7.11. The SMILES string of the molecule is Cc1cnc(CN2CC(=O)NC(C)(C3CC3)C2=O)s1. The van der Waals surface area contributed by atoms with Crippen LogP contribution in [0.5, 0.6) is 0 Å². The average Bonchev–Trinajstić information content (AvgIpc) is 3.11. The maximum atomic E-state index is 12.6. The molecular formula is C13H17N3O2S. The van der Waals surface area contributed by atoms with Crippen LogP contribution in [0.15, 0.2) is 6.20 Å². The first-order valence-electron chi connectivity index (χ1n) is 6.51. The lowest BCUT2D eigenvalue weighted by molar-refractivity contribution is -0.150. The van der Waals surface area contributed by atoms with Crippen LogP contribution in [0.4, 0.5) is 0 Å². The second kappa shape index (κ2) is 4.30. The van der Waals surface area contributed by atoms with Gasteiger partial charge in [-0.1, -0.05) is 0 Å². The summed E-state index contributed by atoms with van der Waals surface area (Å²) in [5.74, 6) is 0.259. The summed E-state index contributed by atoms with van der Waals surface area (Å²) in [5.41, 5.74) is -0.707. The smallest absolute Gasteiger partial charge is 0.249 e. The largest absolute Gasteiger partial charge is 0.340 e. The zero-order valence-corrected chi connectivity index (χ0v) is 11.9. The Morgan fingerprint density at radius 1 is 1.53 bits per heavy atom. The maximum Gasteiger partial charge on any atom is 0.249 e. The molecule has 2 heterocycles. The molecule has 0 aromatic carbocycles. The summed E-state index contributed by atoms with van der Waals surface area (Å²) in [6.07, 6.45) is 3.84. The fourth-order valence-electron chi connectivity index (χ4n) is 2.66. The lowest BCUT2D eigenvalue weighted by Gasteiger charge is -2.39. The van der Waals surface area contributed by atoms with E-state index in [1.165, 1.54) is 0 Å². The zero-order valence-electron chi connectivity index (χ0n) is 11.1. The number of hydrogen-bond donors (Lipinski definition) is 1. The molecule has 2 fully saturated rings. The van der Waals surface area contributed by atoms with Crippen LogP contribution < -0.4 is 5.32 Å². The second-order valence-electron chi connectivity index (χ2n) is 5.55. The number of aromatic nitrogens is 1. The molecule has 2 amide bonds. The Morgan fingerprint density at radius 3 is 2.84 bits per heavy atom. The molecule has 1 unspecified atom stereocenters. The van der Waals surface area contributed by atoms with Gasteiger partial charge in [-0.2, -0.15) is 0 Å². The predicted molar refractivity (Wildman–Crippen MR) is 71.5 cm³/mol. The molecule has 1 aromatic rings. The van der Waals surface area contributed by atoms with Gasteiger partial charge in [-0.25, -0.2) is 4.98 Å². The van der Waals surface area contributed by atoms with E-state index in [1.54, 1.807) is 22.4 Å². The molecule has 0 spiro atoms. The second-order valence-corrected chi connectivity index (χ2v) is 6.87. The number of hydrogen-bond acceptors (Lipinski definition) is 4. The summed E-state index contributed by atoms with van der Waals surface area (Å²) in [4.78, 5) is 31.4. The Balaban J connectivity index is 1.80. The topological polar surface area (TPSA) is 62.3 Å². The molecule has 1 saturated heterocycles. The van der Waals surface area contributed by atoms with E-state index in [1.807, 2.05) is 13.8 Å². The van der Waals surface area contributed by atoms with E-state index in [-0.39, 0.29) is 18.4 Å². The summed E-state index contributed by atoms with van der Waals surface area (Å²) < 4.78 is 0. The quantitative estimate of drug-likeness (QED) is 0.900. The highest BCUT2D eigenvalue weighted by Crippen LogP contribution is 2.41. The van der Waals surface area contributed by atoms with E-state index in [9.17, 15) is 9.59 Å². The fourth-order valence-corrected chi connectivity index (χ4v) is 3.46. The summed E-state index contributed by atoms with van der Waals surface area (Å²) >= 11 is 1.57. The normalized spacial score (nSPS) is 27.6. The van der Waals surface area contributed by atoms with Gasteiger partial charge in [0.15, 0.2) is 0 Å². The van der Waals surface area contributed by atoms with Gasteiger partial charge in [0, 0.05) is 11.1 Å². The lowest BCUT2D eigenvalue weighted by atomic mass is 9.91. The first-order valence-corrected chi connectivity index (χ1v) is 7.32. The number of carbonyl (C=O) groups excluding carboxylic acids is 2. The monoisotopic (exact) mass is 279 g/mol. The number of amides is 2. The highest BCUT2D eigenvalue weighted by Gasteiger charge is 2.52. The van der Waals surface area contributed by atoms with Crippen LogP contribution in [0.25, 0.3) is 0 Å². The predicted octanol–water partition coefficient (Wildman–Crippen LogP) is 1.08. The van der Waals surface area contributed by atoms with Gasteiger partial charge in [0.1, 0.15) is 17.1 Å². The lowest BCUT2D eigenvalue weighted by Crippen LogP contribution is -2.66. The van der Waals surface area contributed by atoms with Gasteiger partial charge in [-0.05, 0) is 32.6 Å². The minimum absolute atomic E-state index is 0.0300. The van der Waals surface area contributed by atoms with Crippen LogP contribution in [-0.2, 0) is 16.1 Å². The molecule has 1 N–H and O–H groups in total. The molecule has 2 aliphatic rings. The van der Waals surface area contributed by atoms with Crippen molar-refractivity contribution in [1.29, 1.82) is 0 Å². The Kier molecular flexibility index (Phi) is 2.85. The van der Waals surface area contributed by atoms with Crippen molar-refractivity contribution in [3.63, 3.8) is 0 Å². The minimum Gasteiger partial charge on any atom is -0.340 e. The van der Waals surface area contributed by atoms with Crippen molar-refractivity contribution in [2.24, 2.45) is 5.92 Å². The van der Waals surface area contributed by atoms with Crippen molar-refractivity contribution in [2.75, 3.05) is 6.54 Å². The molecule has 1 aliphatic heterocycles. The molecule has 0 bridgehead atoms. The molecule has 19 heavy (non-hydrogen) atoms. The van der Waals surface area contributed by atoms with E-state index >= 15 is 0 Å². The molecule has 1 atom stereocenters. The molecule has 5 nitrogen and oxygen atoms in total. The molecular weight excluding hydrogens is 262 g/mol. The summed E-state index contributed by atoms with van der Waals surface area (Å²) in [6, 6.07) is 0. The Hall–Kier alpha value is -1.43. The number of nitrogens with zero attached hydrogens (tertiary/aromatic N) is 2. The number of aryl methyl sites for hydroxylation is 1. The van der Waals surface area contributed by atoms with Crippen molar-refractivity contribution in [3.8, 4) is 0 Å². The zero-order chi connectivity index (χ0) is 13.6. The van der Waals surface area contributed by atoms with Gasteiger partial charge >= 0.3 is 0 Å².